The Labute approximate surface area is 98.4 Å². The molecule has 0 amide bonds. The van der Waals surface area contributed by atoms with Crippen molar-refractivity contribution < 1.29 is 14.0 Å². The minimum atomic E-state index is -0.210. The maximum Gasteiger partial charge on any atom is 0.205 e. The Morgan fingerprint density at radius 1 is 1.24 bits per heavy atom. The summed E-state index contributed by atoms with van der Waals surface area (Å²) in [6.45, 7) is 0. The van der Waals surface area contributed by atoms with E-state index in [9.17, 15) is 9.59 Å². The maximum absolute atomic E-state index is 11.8. The summed E-state index contributed by atoms with van der Waals surface area (Å²) in [5.41, 5.74) is 0.690. The summed E-state index contributed by atoms with van der Waals surface area (Å²) in [6.07, 6.45) is 1.85. The van der Waals surface area contributed by atoms with E-state index in [2.05, 4.69) is 0 Å². The third-order valence-electron chi connectivity index (χ3n) is 3.07. The summed E-state index contributed by atoms with van der Waals surface area (Å²) in [5, 5.41) is 0.898. The second-order valence-electron chi connectivity index (χ2n) is 4.49. The van der Waals surface area contributed by atoms with E-state index in [4.69, 9.17) is 4.42 Å². The fraction of sp³-hybridized carbons (Fsp3) is 0.286. The van der Waals surface area contributed by atoms with Gasteiger partial charge in [-0.1, -0.05) is 18.2 Å². The van der Waals surface area contributed by atoms with Crippen molar-refractivity contribution in [2.75, 3.05) is 0 Å². The first-order valence-corrected chi connectivity index (χ1v) is 5.78. The lowest BCUT2D eigenvalue weighted by molar-refractivity contribution is -0.119. The average Bonchev–Trinajstić information content (AvgIpc) is 3.08. The first kappa shape index (κ1) is 10.3. The van der Waals surface area contributed by atoms with Crippen LogP contribution < -0.4 is 0 Å². The maximum atomic E-state index is 11.8. The second-order valence-corrected chi connectivity index (χ2v) is 4.49. The molecule has 0 atom stereocenters. The molecule has 0 N–H and O–H groups in total. The minimum absolute atomic E-state index is 0.0233. The van der Waals surface area contributed by atoms with Gasteiger partial charge in [-0.05, 0) is 25.0 Å². The van der Waals surface area contributed by atoms with Crippen LogP contribution in [-0.4, -0.2) is 11.6 Å². The van der Waals surface area contributed by atoms with Gasteiger partial charge in [-0.3, -0.25) is 9.59 Å². The summed E-state index contributed by atoms with van der Waals surface area (Å²) in [4.78, 5) is 23.4. The highest BCUT2D eigenvalue weighted by Crippen LogP contribution is 2.31. The van der Waals surface area contributed by atoms with Gasteiger partial charge in [0, 0.05) is 11.3 Å². The van der Waals surface area contributed by atoms with E-state index in [1.54, 1.807) is 6.07 Å². The van der Waals surface area contributed by atoms with Crippen molar-refractivity contribution in [3.8, 4) is 0 Å². The van der Waals surface area contributed by atoms with Crippen LogP contribution in [0.2, 0.25) is 0 Å². The van der Waals surface area contributed by atoms with E-state index in [-0.39, 0.29) is 23.9 Å². The number of para-hydroxylation sites is 1. The number of furan rings is 1. The molecule has 17 heavy (non-hydrogen) atoms. The Morgan fingerprint density at radius 2 is 2.00 bits per heavy atom. The molecule has 1 aliphatic carbocycles. The van der Waals surface area contributed by atoms with Gasteiger partial charge in [0.05, 0.1) is 6.42 Å². The fourth-order valence-corrected chi connectivity index (χ4v) is 1.91. The van der Waals surface area contributed by atoms with Crippen molar-refractivity contribution >= 4 is 22.5 Å². The van der Waals surface area contributed by atoms with E-state index in [1.807, 2.05) is 24.3 Å². The Bertz CT molecular complexity index is 557. The van der Waals surface area contributed by atoms with Crippen LogP contribution in [0.1, 0.15) is 29.8 Å². The highest BCUT2D eigenvalue weighted by Gasteiger charge is 2.31. The predicted molar refractivity (Wildman–Crippen MR) is 62.9 cm³/mol. The molecule has 1 aromatic heterocycles. The third-order valence-corrected chi connectivity index (χ3v) is 3.07. The monoisotopic (exact) mass is 228 g/mol. The van der Waals surface area contributed by atoms with Crippen LogP contribution in [0.25, 0.3) is 11.0 Å². The van der Waals surface area contributed by atoms with Crippen LogP contribution >= 0.6 is 0 Å². The molecule has 1 aromatic carbocycles. The molecular formula is C14H12O3. The summed E-state index contributed by atoms with van der Waals surface area (Å²) in [5.74, 6) is 0.261. The van der Waals surface area contributed by atoms with Gasteiger partial charge in [0.2, 0.25) is 5.78 Å². The molecule has 86 valence electrons. The Kier molecular flexibility index (Phi) is 2.32. The van der Waals surface area contributed by atoms with Crippen molar-refractivity contribution in [1.29, 1.82) is 0 Å². The van der Waals surface area contributed by atoms with Crippen LogP contribution in [0.5, 0.6) is 0 Å². The number of rotatable bonds is 4. The zero-order chi connectivity index (χ0) is 11.8. The summed E-state index contributed by atoms with van der Waals surface area (Å²) >= 11 is 0. The minimum Gasteiger partial charge on any atom is -0.453 e. The molecule has 2 aromatic rings. The van der Waals surface area contributed by atoms with Crippen LogP contribution in [0.4, 0.5) is 0 Å². The van der Waals surface area contributed by atoms with Gasteiger partial charge >= 0.3 is 0 Å². The number of hydrogen-bond donors (Lipinski definition) is 0. The van der Waals surface area contributed by atoms with Crippen molar-refractivity contribution in [3.05, 3.63) is 36.1 Å². The molecule has 1 heterocycles. The van der Waals surface area contributed by atoms with Gasteiger partial charge in [-0.25, -0.2) is 0 Å². The number of carbonyl (C=O) groups excluding carboxylic acids is 2. The van der Waals surface area contributed by atoms with E-state index in [0.29, 0.717) is 11.3 Å². The number of fused-ring (bicyclic) bond motifs is 1. The highest BCUT2D eigenvalue weighted by atomic mass is 16.3. The Morgan fingerprint density at radius 3 is 2.71 bits per heavy atom. The molecule has 3 nitrogen and oxygen atoms in total. The van der Waals surface area contributed by atoms with Gasteiger partial charge < -0.3 is 4.42 Å². The van der Waals surface area contributed by atoms with Crippen LogP contribution in [0, 0.1) is 5.92 Å². The molecule has 0 aliphatic heterocycles. The van der Waals surface area contributed by atoms with Gasteiger partial charge in [0.1, 0.15) is 11.4 Å². The van der Waals surface area contributed by atoms with E-state index in [0.717, 1.165) is 18.2 Å². The zero-order valence-corrected chi connectivity index (χ0v) is 9.31. The van der Waals surface area contributed by atoms with E-state index < -0.39 is 0 Å². The molecule has 1 saturated carbocycles. The predicted octanol–water partition coefficient (Wildman–Crippen LogP) is 2.98. The van der Waals surface area contributed by atoms with E-state index in [1.165, 1.54) is 0 Å². The lowest BCUT2D eigenvalue weighted by Crippen LogP contribution is -2.08. The van der Waals surface area contributed by atoms with Crippen LogP contribution in [-0.2, 0) is 4.79 Å². The number of hydrogen-bond acceptors (Lipinski definition) is 3. The number of carbonyl (C=O) groups is 2. The van der Waals surface area contributed by atoms with Crippen LogP contribution in [0.3, 0.4) is 0 Å². The van der Waals surface area contributed by atoms with Crippen molar-refractivity contribution in [3.63, 3.8) is 0 Å². The highest BCUT2D eigenvalue weighted by molar-refractivity contribution is 6.09. The third kappa shape index (κ3) is 2.00. The smallest absolute Gasteiger partial charge is 0.205 e. The van der Waals surface area contributed by atoms with Gasteiger partial charge in [-0.15, -0.1) is 0 Å². The average molecular weight is 228 g/mol. The summed E-state index contributed by atoms with van der Waals surface area (Å²) in [7, 11) is 0. The zero-order valence-electron chi connectivity index (χ0n) is 9.31. The Balaban J connectivity index is 1.82. The first-order chi connectivity index (χ1) is 8.24. The summed E-state index contributed by atoms with van der Waals surface area (Å²) in [6, 6.07) is 9.15. The summed E-state index contributed by atoms with van der Waals surface area (Å²) < 4.78 is 5.43. The first-order valence-electron chi connectivity index (χ1n) is 5.78. The quantitative estimate of drug-likeness (QED) is 0.597. The normalized spacial score (nSPS) is 15.1. The molecule has 0 unspecified atom stereocenters. The molecule has 1 fully saturated rings. The van der Waals surface area contributed by atoms with Crippen molar-refractivity contribution in [2.24, 2.45) is 5.92 Å². The molecule has 1 aliphatic rings. The Hall–Kier alpha value is -1.90. The molecular weight excluding hydrogens is 216 g/mol. The molecule has 3 heteroatoms. The number of Topliss-reactive ketones (excluding diaryl/α,β-unsaturated/α-hetero) is 2. The SMILES string of the molecule is O=C(CC(=O)C1CC1)c1cc2ccccc2o1. The molecule has 3 rings (SSSR count). The van der Waals surface area contributed by atoms with E-state index >= 15 is 0 Å². The topological polar surface area (TPSA) is 47.3 Å². The van der Waals surface area contributed by atoms with Gasteiger partial charge in [0.25, 0.3) is 0 Å². The second kappa shape index (κ2) is 3.84. The molecule has 0 spiro atoms. The molecule has 0 bridgehead atoms. The van der Waals surface area contributed by atoms with Crippen molar-refractivity contribution in [1.82, 2.24) is 0 Å². The van der Waals surface area contributed by atoms with Gasteiger partial charge in [-0.2, -0.15) is 0 Å². The lowest BCUT2D eigenvalue weighted by Gasteiger charge is -1.94. The van der Waals surface area contributed by atoms with Crippen LogP contribution in [0.15, 0.2) is 34.7 Å². The van der Waals surface area contributed by atoms with Gasteiger partial charge in [0.15, 0.2) is 5.76 Å². The largest absolute Gasteiger partial charge is 0.453 e. The molecule has 0 saturated heterocycles. The fourth-order valence-electron chi connectivity index (χ4n) is 1.91. The number of benzene rings is 1. The lowest BCUT2D eigenvalue weighted by atomic mass is 10.1. The number of ketones is 2. The molecule has 0 radical (unpaired) electrons. The standard InChI is InChI=1S/C14H12O3/c15-11(9-5-6-9)8-12(16)14-7-10-3-1-2-4-13(10)17-14/h1-4,7,9H,5-6,8H2. The van der Waals surface area contributed by atoms with Crippen molar-refractivity contribution in [2.45, 2.75) is 19.3 Å².